The molecule has 0 aliphatic heterocycles. The number of benzene rings is 1. The number of ether oxygens (including phenoxy) is 2. The van der Waals surface area contributed by atoms with Crippen molar-refractivity contribution < 1.29 is 14.3 Å². The molecular formula is C20H22ClN3O3. The predicted molar refractivity (Wildman–Crippen MR) is 104 cm³/mol. The van der Waals surface area contributed by atoms with E-state index in [4.69, 9.17) is 21.1 Å². The van der Waals surface area contributed by atoms with Gasteiger partial charge in [0.1, 0.15) is 5.41 Å². The molecule has 27 heavy (non-hydrogen) atoms. The number of nitrogens with zero attached hydrogens (tertiary/aromatic N) is 3. The molecule has 2 aromatic heterocycles. The summed E-state index contributed by atoms with van der Waals surface area (Å²) >= 11 is 5.99. The number of methoxy groups -OCH3 is 1. The van der Waals surface area contributed by atoms with Gasteiger partial charge in [0.05, 0.1) is 18.5 Å². The van der Waals surface area contributed by atoms with Crippen LogP contribution in [0.2, 0.25) is 5.02 Å². The van der Waals surface area contributed by atoms with E-state index >= 15 is 0 Å². The fourth-order valence-electron chi connectivity index (χ4n) is 3.07. The molecule has 0 fully saturated rings. The quantitative estimate of drug-likeness (QED) is 0.575. The summed E-state index contributed by atoms with van der Waals surface area (Å²) in [6.07, 6.45) is 3.91. The first-order valence-corrected chi connectivity index (χ1v) is 9.14. The van der Waals surface area contributed by atoms with Gasteiger partial charge in [-0.05, 0) is 44.0 Å². The summed E-state index contributed by atoms with van der Waals surface area (Å²) in [7, 11) is 1.61. The van der Waals surface area contributed by atoms with Gasteiger partial charge in [0.15, 0.2) is 5.65 Å². The molecule has 1 aromatic carbocycles. The van der Waals surface area contributed by atoms with Crippen LogP contribution in [-0.2, 0) is 19.7 Å². The summed E-state index contributed by atoms with van der Waals surface area (Å²) in [6, 6.07) is 9.29. The third-order valence-corrected chi connectivity index (χ3v) is 4.91. The molecule has 0 aliphatic carbocycles. The van der Waals surface area contributed by atoms with E-state index in [1.807, 2.05) is 31.2 Å². The molecular weight excluding hydrogens is 366 g/mol. The van der Waals surface area contributed by atoms with Gasteiger partial charge in [-0.1, -0.05) is 23.7 Å². The van der Waals surface area contributed by atoms with Crippen LogP contribution in [0.3, 0.4) is 0 Å². The zero-order valence-corrected chi connectivity index (χ0v) is 16.4. The van der Waals surface area contributed by atoms with E-state index in [1.54, 1.807) is 37.0 Å². The van der Waals surface area contributed by atoms with E-state index in [0.29, 0.717) is 36.0 Å². The Labute approximate surface area is 163 Å². The smallest absolute Gasteiger partial charge is 0.317 e. The maximum atomic E-state index is 12.8. The Hall–Kier alpha value is -2.44. The van der Waals surface area contributed by atoms with Gasteiger partial charge in [0, 0.05) is 30.5 Å². The van der Waals surface area contributed by atoms with Crippen molar-refractivity contribution in [2.45, 2.75) is 25.7 Å². The van der Waals surface area contributed by atoms with Gasteiger partial charge >= 0.3 is 5.97 Å². The lowest BCUT2D eigenvalue weighted by Crippen LogP contribution is -2.37. The fraction of sp³-hybridized carbons (Fsp3) is 0.350. The predicted octanol–water partition coefficient (Wildman–Crippen LogP) is 3.91. The lowest BCUT2D eigenvalue weighted by molar-refractivity contribution is -0.150. The van der Waals surface area contributed by atoms with Crippen molar-refractivity contribution in [3.63, 3.8) is 0 Å². The molecule has 142 valence electrons. The molecule has 7 heteroatoms. The van der Waals surface area contributed by atoms with Gasteiger partial charge < -0.3 is 9.47 Å². The van der Waals surface area contributed by atoms with Gasteiger partial charge in [-0.15, -0.1) is 0 Å². The Balaban J connectivity index is 2.13. The van der Waals surface area contributed by atoms with E-state index in [-0.39, 0.29) is 5.97 Å². The van der Waals surface area contributed by atoms with Crippen molar-refractivity contribution in [3.8, 4) is 11.1 Å². The average Bonchev–Trinajstić information content (AvgIpc) is 3.11. The molecule has 3 rings (SSSR count). The van der Waals surface area contributed by atoms with Gasteiger partial charge in [0.25, 0.3) is 0 Å². The second-order valence-electron chi connectivity index (χ2n) is 6.43. The molecule has 2 heterocycles. The maximum Gasteiger partial charge on any atom is 0.317 e. The second kappa shape index (κ2) is 8.06. The molecule has 0 aliphatic rings. The number of hydrogen-bond acceptors (Lipinski definition) is 5. The number of carbonyl (C=O) groups excluding carboxylic acids is 1. The standard InChI is InChI=1S/C20H22ClN3O3/c1-4-27-19(25)20(2,10-12-26-3)17-9-11-22-18-16(13-23-24(17)18)14-5-7-15(21)8-6-14/h5-9,11,13H,4,10,12H2,1-3H3. The number of hydrogen-bond donors (Lipinski definition) is 0. The molecule has 0 radical (unpaired) electrons. The zero-order chi connectivity index (χ0) is 19.4. The summed E-state index contributed by atoms with van der Waals surface area (Å²) in [5, 5.41) is 5.17. The van der Waals surface area contributed by atoms with Crippen molar-refractivity contribution in [2.24, 2.45) is 0 Å². The molecule has 0 spiro atoms. The minimum absolute atomic E-state index is 0.307. The Morgan fingerprint density at radius 1 is 1.26 bits per heavy atom. The minimum atomic E-state index is -0.906. The van der Waals surface area contributed by atoms with Crippen LogP contribution >= 0.6 is 11.6 Å². The van der Waals surface area contributed by atoms with E-state index < -0.39 is 5.41 Å². The third-order valence-electron chi connectivity index (χ3n) is 4.65. The summed E-state index contributed by atoms with van der Waals surface area (Å²) in [5.74, 6) is -0.307. The van der Waals surface area contributed by atoms with E-state index in [9.17, 15) is 4.79 Å². The first-order chi connectivity index (χ1) is 13.0. The van der Waals surface area contributed by atoms with Gasteiger partial charge in [-0.25, -0.2) is 9.50 Å². The van der Waals surface area contributed by atoms with E-state index in [0.717, 1.165) is 11.1 Å². The van der Waals surface area contributed by atoms with Crippen LogP contribution in [0.4, 0.5) is 0 Å². The average molecular weight is 388 g/mol. The Kier molecular flexibility index (Phi) is 5.77. The lowest BCUT2D eigenvalue weighted by atomic mass is 9.83. The molecule has 1 atom stereocenters. The van der Waals surface area contributed by atoms with E-state index in [2.05, 4.69) is 10.1 Å². The molecule has 0 saturated carbocycles. The highest BCUT2D eigenvalue weighted by Crippen LogP contribution is 2.32. The van der Waals surface area contributed by atoms with Crippen molar-refractivity contribution in [2.75, 3.05) is 20.3 Å². The number of esters is 1. The van der Waals surface area contributed by atoms with Crippen molar-refractivity contribution in [1.29, 1.82) is 0 Å². The molecule has 0 saturated heterocycles. The Morgan fingerprint density at radius 2 is 2.00 bits per heavy atom. The SMILES string of the molecule is CCOC(=O)C(C)(CCOC)c1ccnc2c(-c3ccc(Cl)cc3)cnn12. The molecule has 0 N–H and O–H groups in total. The van der Waals surface area contributed by atoms with Gasteiger partial charge in [-0.2, -0.15) is 5.10 Å². The van der Waals surface area contributed by atoms with Crippen LogP contribution in [0.15, 0.2) is 42.7 Å². The molecule has 3 aromatic rings. The normalized spacial score (nSPS) is 13.5. The van der Waals surface area contributed by atoms with Crippen molar-refractivity contribution in [1.82, 2.24) is 14.6 Å². The number of carbonyl (C=O) groups is 1. The number of fused-ring (bicyclic) bond motifs is 1. The monoisotopic (exact) mass is 387 g/mol. The van der Waals surface area contributed by atoms with Crippen LogP contribution in [0.25, 0.3) is 16.8 Å². The Bertz CT molecular complexity index is 939. The number of halogens is 1. The lowest BCUT2D eigenvalue weighted by Gasteiger charge is -2.27. The maximum absolute atomic E-state index is 12.8. The van der Waals surface area contributed by atoms with Crippen molar-refractivity contribution in [3.05, 3.63) is 53.4 Å². The summed E-state index contributed by atoms with van der Waals surface area (Å²) in [6.45, 7) is 4.38. The molecule has 0 amide bonds. The summed E-state index contributed by atoms with van der Waals surface area (Å²) in [5.41, 5.74) is 2.29. The highest BCUT2D eigenvalue weighted by molar-refractivity contribution is 6.30. The fourth-order valence-corrected chi connectivity index (χ4v) is 3.20. The summed E-state index contributed by atoms with van der Waals surface area (Å²) in [4.78, 5) is 17.3. The largest absolute Gasteiger partial charge is 0.465 e. The minimum Gasteiger partial charge on any atom is -0.465 e. The number of rotatable bonds is 7. The molecule has 0 bridgehead atoms. The van der Waals surface area contributed by atoms with Crippen LogP contribution in [-0.4, -0.2) is 40.9 Å². The molecule has 6 nitrogen and oxygen atoms in total. The topological polar surface area (TPSA) is 65.7 Å². The van der Waals surface area contributed by atoms with Crippen LogP contribution < -0.4 is 0 Å². The van der Waals surface area contributed by atoms with E-state index in [1.165, 1.54) is 0 Å². The van der Waals surface area contributed by atoms with Crippen molar-refractivity contribution >= 4 is 23.2 Å². The number of aromatic nitrogens is 3. The van der Waals surface area contributed by atoms with Crippen LogP contribution in [0.5, 0.6) is 0 Å². The highest BCUT2D eigenvalue weighted by Gasteiger charge is 2.39. The second-order valence-corrected chi connectivity index (χ2v) is 6.86. The van der Waals surface area contributed by atoms with Crippen LogP contribution in [0.1, 0.15) is 26.0 Å². The zero-order valence-electron chi connectivity index (χ0n) is 15.6. The first kappa shape index (κ1) is 19.3. The third kappa shape index (κ3) is 3.68. The van der Waals surface area contributed by atoms with Crippen LogP contribution in [0, 0.1) is 0 Å². The summed E-state index contributed by atoms with van der Waals surface area (Å²) < 4.78 is 12.3. The highest BCUT2D eigenvalue weighted by atomic mass is 35.5. The first-order valence-electron chi connectivity index (χ1n) is 8.76. The van der Waals surface area contributed by atoms with Gasteiger partial charge in [0.2, 0.25) is 0 Å². The van der Waals surface area contributed by atoms with Gasteiger partial charge in [-0.3, -0.25) is 4.79 Å². The Morgan fingerprint density at radius 3 is 2.67 bits per heavy atom. The molecule has 1 unspecified atom stereocenters.